The third-order valence-electron chi connectivity index (χ3n) is 4.01. The molecule has 1 heterocycles. The fourth-order valence-electron chi connectivity index (χ4n) is 2.77. The minimum atomic E-state index is -1.23. The number of hydrogen-bond donors (Lipinski definition) is 1. The van der Waals surface area contributed by atoms with Crippen molar-refractivity contribution in [2.45, 2.75) is 19.1 Å². The Morgan fingerprint density at radius 1 is 1.12 bits per heavy atom. The molecule has 7 heteroatoms. The molecule has 0 aliphatic carbocycles. The predicted octanol–water partition coefficient (Wildman–Crippen LogP) is 1.57. The predicted molar refractivity (Wildman–Crippen MR) is 93.4 cm³/mol. The molecule has 0 saturated heterocycles. The molecule has 0 fully saturated rings. The van der Waals surface area contributed by atoms with Crippen LogP contribution in [0.15, 0.2) is 54.6 Å². The molecule has 2 amide bonds. The SMILES string of the molecule is CC(=O)N1CC(C(=O)OC(C(N)=O)c2ccccc2)Oc2ccccc21. The van der Waals surface area contributed by atoms with Gasteiger partial charge in [0, 0.05) is 12.5 Å². The number of amides is 2. The number of carbonyl (C=O) groups is 3. The van der Waals surface area contributed by atoms with Gasteiger partial charge in [0.05, 0.1) is 12.2 Å². The molecule has 0 aromatic heterocycles. The van der Waals surface area contributed by atoms with Gasteiger partial charge in [-0.15, -0.1) is 0 Å². The number of benzene rings is 2. The van der Waals surface area contributed by atoms with Gasteiger partial charge in [-0.2, -0.15) is 0 Å². The molecule has 0 bridgehead atoms. The topological polar surface area (TPSA) is 98.9 Å². The lowest BCUT2D eigenvalue weighted by Gasteiger charge is -2.33. The first-order valence-corrected chi connectivity index (χ1v) is 8.06. The summed E-state index contributed by atoms with van der Waals surface area (Å²) in [6.07, 6.45) is -2.28. The second-order valence-corrected chi connectivity index (χ2v) is 5.83. The van der Waals surface area contributed by atoms with Gasteiger partial charge in [0.15, 0.2) is 0 Å². The summed E-state index contributed by atoms with van der Waals surface area (Å²) >= 11 is 0. The second kappa shape index (κ2) is 7.26. The molecular weight excluding hydrogens is 336 g/mol. The number of para-hydroxylation sites is 2. The molecule has 2 aromatic rings. The standard InChI is InChI=1S/C19H18N2O5/c1-12(22)21-11-16(25-15-10-6-5-9-14(15)21)19(24)26-17(18(20)23)13-7-3-2-4-8-13/h2-10,16-17H,11H2,1H3,(H2,20,23). The molecule has 1 aliphatic rings. The van der Waals surface area contributed by atoms with Gasteiger partial charge >= 0.3 is 5.97 Å². The van der Waals surface area contributed by atoms with Crippen molar-refractivity contribution >= 4 is 23.5 Å². The number of esters is 1. The lowest BCUT2D eigenvalue weighted by atomic mass is 10.1. The van der Waals surface area contributed by atoms with Crippen LogP contribution < -0.4 is 15.4 Å². The van der Waals surface area contributed by atoms with E-state index in [1.165, 1.54) is 11.8 Å². The van der Waals surface area contributed by atoms with Crippen LogP contribution in [0, 0.1) is 0 Å². The van der Waals surface area contributed by atoms with Crippen molar-refractivity contribution in [3.05, 3.63) is 60.2 Å². The molecule has 0 saturated carbocycles. The number of primary amides is 1. The maximum absolute atomic E-state index is 12.6. The molecule has 2 aromatic carbocycles. The van der Waals surface area contributed by atoms with Crippen LogP contribution in [-0.4, -0.2) is 30.4 Å². The van der Waals surface area contributed by atoms with Gasteiger partial charge in [-0.05, 0) is 12.1 Å². The highest BCUT2D eigenvalue weighted by molar-refractivity contribution is 5.95. The number of hydrogen-bond acceptors (Lipinski definition) is 5. The van der Waals surface area contributed by atoms with E-state index in [1.807, 2.05) is 0 Å². The van der Waals surface area contributed by atoms with Crippen molar-refractivity contribution in [1.82, 2.24) is 0 Å². The Morgan fingerprint density at radius 3 is 2.42 bits per heavy atom. The van der Waals surface area contributed by atoms with Gasteiger partial charge in [0.2, 0.25) is 18.1 Å². The van der Waals surface area contributed by atoms with Crippen LogP contribution >= 0.6 is 0 Å². The van der Waals surface area contributed by atoms with Crippen LogP contribution in [-0.2, 0) is 19.1 Å². The number of nitrogens with two attached hydrogens (primary N) is 1. The van der Waals surface area contributed by atoms with Gasteiger partial charge in [0.25, 0.3) is 5.91 Å². The van der Waals surface area contributed by atoms with Crippen LogP contribution in [0.25, 0.3) is 0 Å². The lowest BCUT2D eigenvalue weighted by molar-refractivity contribution is -0.162. The number of carbonyl (C=O) groups excluding carboxylic acids is 3. The zero-order valence-corrected chi connectivity index (χ0v) is 14.1. The van der Waals surface area contributed by atoms with E-state index in [-0.39, 0.29) is 12.5 Å². The Bertz CT molecular complexity index is 837. The molecule has 1 aliphatic heterocycles. The summed E-state index contributed by atoms with van der Waals surface area (Å²) in [6, 6.07) is 15.4. The second-order valence-electron chi connectivity index (χ2n) is 5.83. The Labute approximate surface area is 150 Å². The smallest absolute Gasteiger partial charge is 0.350 e. The van der Waals surface area contributed by atoms with E-state index < -0.39 is 24.1 Å². The number of anilines is 1. The zero-order chi connectivity index (χ0) is 18.7. The van der Waals surface area contributed by atoms with Gasteiger partial charge in [0.1, 0.15) is 5.75 Å². The van der Waals surface area contributed by atoms with Crippen molar-refractivity contribution < 1.29 is 23.9 Å². The Balaban J connectivity index is 1.81. The quantitative estimate of drug-likeness (QED) is 0.840. The summed E-state index contributed by atoms with van der Waals surface area (Å²) in [7, 11) is 0. The first kappa shape index (κ1) is 17.5. The molecule has 26 heavy (non-hydrogen) atoms. The molecular formula is C19H18N2O5. The van der Waals surface area contributed by atoms with Crippen LogP contribution in [0.2, 0.25) is 0 Å². The van der Waals surface area contributed by atoms with Crippen molar-refractivity contribution in [3.8, 4) is 5.75 Å². The van der Waals surface area contributed by atoms with E-state index in [0.29, 0.717) is 17.0 Å². The van der Waals surface area contributed by atoms with Crippen molar-refractivity contribution in [2.75, 3.05) is 11.4 Å². The molecule has 0 radical (unpaired) electrons. The summed E-state index contributed by atoms with van der Waals surface area (Å²) in [5.74, 6) is -1.39. The van der Waals surface area contributed by atoms with E-state index in [0.717, 1.165) is 0 Å². The maximum atomic E-state index is 12.6. The van der Waals surface area contributed by atoms with E-state index in [2.05, 4.69) is 0 Å². The summed E-state index contributed by atoms with van der Waals surface area (Å²) in [6.45, 7) is 1.39. The Kier molecular flexibility index (Phi) is 4.88. The fourth-order valence-corrected chi connectivity index (χ4v) is 2.77. The Hall–Kier alpha value is -3.35. The largest absolute Gasteiger partial charge is 0.475 e. The van der Waals surface area contributed by atoms with E-state index in [4.69, 9.17) is 15.2 Å². The van der Waals surface area contributed by atoms with Crippen LogP contribution in [0.4, 0.5) is 5.69 Å². The monoisotopic (exact) mass is 354 g/mol. The van der Waals surface area contributed by atoms with E-state index >= 15 is 0 Å². The van der Waals surface area contributed by atoms with Crippen LogP contribution in [0.5, 0.6) is 5.75 Å². The minimum absolute atomic E-state index is 0.00848. The molecule has 2 atom stereocenters. The summed E-state index contributed by atoms with van der Waals surface area (Å²) in [5.41, 5.74) is 6.42. The average molecular weight is 354 g/mol. The highest BCUT2D eigenvalue weighted by atomic mass is 16.6. The molecule has 134 valence electrons. The highest BCUT2D eigenvalue weighted by Gasteiger charge is 2.35. The fraction of sp³-hybridized carbons (Fsp3) is 0.211. The summed E-state index contributed by atoms with van der Waals surface area (Å²) < 4.78 is 11.0. The third kappa shape index (κ3) is 3.51. The van der Waals surface area contributed by atoms with Crippen LogP contribution in [0.1, 0.15) is 18.6 Å². The average Bonchev–Trinajstić information content (AvgIpc) is 2.65. The zero-order valence-electron chi connectivity index (χ0n) is 14.1. The number of ether oxygens (including phenoxy) is 2. The molecule has 2 N–H and O–H groups in total. The Morgan fingerprint density at radius 2 is 1.77 bits per heavy atom. The molecule has 2 unspecified atom stereocenters. The van der Waals surface area contributed by atoms with E-state index in [9.17, 15) is 14.4 Å². The number of fused-ring (bicyclic) bond motifs is 1. The van der Waals surface area contributed by atoms with Gasteiger partial charge in [-0.1, -0.05) is 42.5 Å². The third-order valence-corrected chi connectivity index (χ3v) is 4.01. The molecule has 0 spiro atoms. The minimum Gasteiger partial charge on any atom is -0.475 e. The normalized spacial score (nSPS) is 16.8. The van der Waals surface area contributed by atoms with Crippen molar-refractivity contribution in [2.24, 2.45) is 5.73 Å². The lowest BCUT2D eigenvalue weighted by Crippen LogP contribution is -2.47. The van der Waals surface area contributed by atoms with Crippen molar-refractivity contribution in [1.29, 1.82) is 0 Å². The first-order chi connectivity index (χ1) is 12.5. The van der Waals surface area contributed by atoms with Gasteiger partial charge in [-0.25, -0.2) is 4.79 Å². The van der Waals surface area contributed by atoms with Crippen molar-refractivity contribution in [3.63, 3.8) is 0 Å². The maximum Gasteiger partial charge on any atom is 0.350 e. The number of rotatable bonds is 4. The first-order valence-electron chi connectivity index (χ1n) is 8.06. The number of nitrogens with zero attached hydrogens (tertiary/aromatic N) is 1. The van der Waals surface area contributed by atoms with E-state index in [1.54, 1.807) is 54.6 Å². The van der Waals surface area contributed by atoms with Gasteiger partial charge in [-0.3, -0.25) is 9.59 Å². The highest BCUT2D eigenvalue weighted by Crippen LogP contribution is 2.33. The molecule has 3 rings (SSSR count). The van der Waals surface area contributed by atoms with Crippen LogP contribution in [0.3, 0.4) is 0 Å². The summed E-state index contributed by atoms with van der Waals surface area (Å²) in [4.78, 5) is 37.7. The molecule has 7 nitrogen and oxygen atoms in total. The summed E-state index contributed by atoms with van der Waals surface area (Å²) in [5, 5.41) is 0. The van der Waals surface area contributed by atoms with Gasteiger partial charge < -0.3 is 20.1 Å².